The largest absolute Gasteiger partial charge is 0.394 e. The van der Waals surface area contributed by atoms with Crippen LogP contribution in [0.2, 0.25) is 0 Å². The molecule has 0 bridgehead atoms. The molecule has 0 spiro atoms. The lowest BCUT2D eigenvalue weighted by atomic mass is 9.98. The van der Waals surface area contributed by atoms with E-state index in [-0.39, 0.29) is 6.61 Å². The van der Waals surface area contributed by atoms with Gasteiger partial charge < -0.3 is 28.8 Å². The van der Waals surface area contributed by atoms with Crippen LogP contribution in [0.15, 0.2) is 91.0 Å². The lowest BCUT2D eigenvalue weighted by molar-refractivity contribution is -0.321. The maximum Gasteiger partial charge on any atom is 0.186 e. The average molecular weight is 465 g/mol. The van der Waals surface area contributed by atoms with Crippen LogP contribution >= 0.6 is 0 Å². The molecule has 5 atom stereocenters. The molecular formula is C28H32O6. The minimum atomic E-state index is -0.710. The van der Waals surface area contributed by atoms with Gasteiger partial charge in [-0.2, -0.15) is 0 Å². The summed E-state index contributed by atoms with van der Waals surface area (Å²) < 4.78 is 30.7. The molecule has 4 rings (SSSR count). The summed E-state index contributed by atoms with van der Waals surface area (Å²) in [5, 5.41) is 10.1. The summed E-state index contributed by atoms with van der Waals surface area (Å²) in [7, 11) is 1.57. The SMILES string of the molecule is CO[C@@H]1O[C@H](CO)[C@H](OCc2ccccc2)[C@H](OCc2ccccc2)[C@@H]1OCc1ccccc1. The van der Waals surface area contributed by atoms with Crippen LogP contribution in [0.25, 0.3) is 0 Å². The standard InChI is InChI=1S/C28H32O6/c1-30-28-27(33-20-23-15-9-4-10-16-23)26(32-19-22-13-7-3-8-14-22)25(24(17-29)34-28)31-18-21-11-5-2-6-12-21/h2-16,24-29H,17-20H2,1H3/t24-,25+,26+,27+,28-/m1/s1. The number of rotatable bonds is 11. The molecule has 3 aromatic rings. The number of hydrogen-bond acceptors (Lipinski definition) is 6. The Morgan fingerprint density at radius 3 is 1.44 bits per heavy atom. The quantitative estimate of drug-likeness (QED) is 0.461. The molecule has 1 heterocycles. The predicted octanol–water partition coefficient (Wildman–Crippen LogP) is 4.11. The van der Waals surface area contributed by atoms with E-state index < -0.39 is 30.7 Å². The first-order valence-corrected chi connectivity index (χ1v) is 11.5. The normalized spacial score (nSPS) is 24.7. The van der Waals surface area contributed by atoms with E-state index in [1.807, 2.05) is 91.0 Å². The van der Waals surface area contributed by atoms with Crippen molar-refractivity contribution < 1.29 is 28.8 Å². The summed E-state index contributed by atoms with van der Waals surface area (Å²) in [5.41, 5.74) is 3.09. The molecule has 0 saturated carbocycles. The van der Waals surface area contributed by atoms with Gasteiger partial charge in [0.05, 0.1) is 26.4 Å². The highest BCUT2D eigenvalue weighted by molar-refractivity contribution is 5.15. The van der Waals surface area contributed by atoms with E-state index in [1.165, 1.54) is 0 Å². The van der Waals surface area contributed by atoms with Crippen LogP contribution in [-0.4, -0.2) is 49.5 Å². The third-order valence-electron chi connectivity index (χ3n) is 5.86. The summed E-state index contributed by atoms with van der Waals surface area (Å²) in [6.45, 7) is 0.876. The van der Waals surface area contributed by atoms with E-state index in [2.05, 4.69) is 0 Å². The first kappa shape index (κ1) is 24.5. The van der Waals surface area contributed by atoms with Gasteiger partial charge in [-0.05, 0) is 16.7 Å². The van der Waals surface area contributed by atoms with Gasteiger partial charge in [-0.1, -0.05) is 91.0 Å². The Hall–Kier alpha value is -2.58. The molecule has 6 nitrogen and oxygen atoms in total. The van der Waals surface area contributed by atoms with E-state index in [0.29, 0.717) is 19.8 Å². The Morgan fingerprint density at radius 2 is 1.03 bits per heavy atom. The zero-order valence-corrected chi connectivity index (χ0v) is 19.4. The van der Waals surface area contributed by atoms with Crippen molar-refractivity contribution in [1.29, 1.82) is 0 Å². The topological polar surface area (TPSA) is 66.4 Å². The van der Waals surface area contributed by atoms with Crippen LogP contribution < -0.4 is 0 Å². The van der Waals surface area contributed by atoms with Gasteiger partial charge in [0.1, 0.15) is 24.4 Å². The number of methoxy groups -OCH3 is 1. The number of ether oxygens (including phenoxy) is 5. The van der Waals surface area contributed by atoms with Crippen LogP contribution in [0.3, 0.4) is 0 Å². The summed E-state index contributed by atoms with van der Waals surface area (Å²) in [5.74, 6) is 0. The lowest BCUT2D eigenvalue weighted by Gasteiger charge is -2.45. The van der Waals surface area contributed by atoms with Crippen LogP contribution in [0.4, 0.5) is 0 Å². The van der Waals surface area contributed by atoms with Crippen LogP contribution in [0.1, 0.15) is 16.7 Å². The first-order valence-electron chi connectivity index (χ1n) is 11.5. The molecule has 1 fully saturated rings. The molecule has 34 heavy (non-hydrogen) atoms. The zero-order chi connectivity index (χ0) is 23.6. The zero-order valence-electron chi connectivity index (χ0n) is 19.4. The highest BCUT2D eigenvalue weighted by Crippen LogP contribution is 2.30. The molecule has 0 aromatic heterocycles. The first-order chi connectivity index (χ1) is 16.8. The van der Waals surface area contributed by atoms with E-state index in [0.717, 1.165) is 16.7 Å². The van der Waals surface area contributed by atoms with E-state index >= 15 is 0 Å². The molecule has 0 radical (unpaired) electrons. The summed E-state index contributed by atoms with van der Waals surface area (Å²) >= 11 is 0. The van der Waals surface area contributed by atoms with Crippen molar-refractivity contribution in [2.75, 3.05) is 13.7 Å². The predicted molar refractivity (Wildman–Crippen MR) is 128 cm³/mol. The summed E-state index contributed by atoms with van der Waals surface area (Å²) in [6, 6.07) is 29.8. The minimum Gasteiger partial charge on any atom is -0.394 e. The average Bonchev–Trinajstić information content (AvgIpc) is 2.91. The Labute approximate surface area is 201 Å². The molecule has 0 aliphatic carbocycles. The highest BCUT2D eigenvalue weighted by atomic mass is 16.7. The lowest BCUT2D eigenvalue weighted by Crippen LogP contribution is -2.61. The van der Waals surface area contributed by atoms with Gasteiger partial charge in [-0.25, -0.2) is 0 Å². The Morgan fingerprint density at radius 1 is 0.618 bits per heavy atom. The van der Waals surface area contributed by atoms with Crippen molar-refractivity contribution in [1.82, 2.24) is 0 Å². The minimum absolute atomic E-state index is 0.226. The van der Waals surface area contributed by atoms with Crippen molar-refractivity contribution in [2.24, 2.45) is 0 Å². The van der Waals surface area contributed by atoms with E-state index in [9.17, 15) is 5.11 Å². The third kappa shape index (κ3) is 6.51. The molecule has 1 aliphatic heterocycles. The highest BCUT2D eigenvalue weighted by Gasteiger charge is 2.48. The van der Waals surface area contributed by atoms with Gasteiger partial charge in [0.15, 0.2) is 6.29 Å². The third-order valence-corrected chi connectivity index (χ3v) is 5.86. The molecular weight excluding hydrogens is 432 g/mol. The van der Waals surface area contributed by atoms with E-state index in [1.54, 1.807) is 7.11 Å². The van der Waals surface area contributed by atoms with Gasteiger partial charge in [-0.3, -0.25) is 0 Å². The van der Waals surface area contributed by atoms with Crippen LogP contribution in [0, 0.1) is 0 Å². The maximum absolute atomic E-state index is 10.1. The Bertz CT molecular complexity index is 895. The number of aliphatic hydroxyl groups excluding tert-OH is 1. The van der Waals surface area contributed by atoms with Gasteiger partial charge in [-0.15, -0.1) is 0 Å². The van der Waals surface area contributed by atoms with Crippen molar-refractivity contribution in [3.8, 4) is 0 Å². The van der Waals surface area contributed by atoms with Crippen molar-refractivity contribution in [2.45, 2.75) is 50.5 Å². The van der Waals surface area contributed by atoms with Crippen LogP contribution in [-0.2, 0) is 43.5 Å². The molecule has 0 amide bonds. The monoisotopic (exact) mass is 464 g/mol. The molecule has 3 aromatic carbocycles. The van der Waals surface area contributed by atoms with Gasteiger partial charge in [0, 0.05) is 7.11 Å². The number of aliphatic hydroxyl groups is 1. The summed E-state index contributed by atoms with van der Waals surface area (Å²) in [6.07, 6.45) is -2.97. The molecule has 1 aliphatic rings. The fraction of sp³-hybridized carbons (Fsp3) is 0.357. The fourth-order valence-electron chi connectivity index (χ4n) is 4.08. The number of hydrogen-bond donors (Lipinski definition) is 1. The molecule has 180 valence electrons. The fourth-order valence-corrected chi connectivity index (χ4v) is 4.08. The molecule has 0 unspecified atom stereocenters. The van der Waals surface area contributed by atoms with Gasteiger partial charge >= 0.3 is 0 Å². The Balaban J connectivity index is 1.56. The summed E-state index contributed by atoms with van der Waals surface area (Å²) in [4.78, 5) is 0. The maximum atomic E-state index is 10.1. The van der Waals surface area contributed by atoms with E-state index in [4.69, 9.17) is 23.7 Å². The van der Waals surface area contributed by atoms with Crippen LogP contribution in [0.5, 0.6) is 0 Å². The van der Waals surface area contributed by atoms with Crippen molar-refractivity contribution >= 4 is 0 Å². The molecule has 6 heteroatoms. The number of benzene rings is 3. The second kappa shape index (κ2) is 12.8. The van der Waals surface area contributed by atoms with Gasteiger partial charge in [0.2, 0.25) is 0 Å². The molecule has 1 N–H and O–H groups in total. The molecule has 1 saturated heterocycles. The van der Waals surface area contributed by atoms with Gasteiger partial charge in [0.25, 0.3) is 0 Å². The Kier molecular flexibility index (Phi) is 9.21. The second-order valence-electron chi connectivity index (χ2n) is 8.24. The van der Waals surface area contributed by atoms with Crippen molar-refractivity contribution in [3.05, 3.63) is 108 Å². The smallest absolute Gasteiger partial charge is 0.186 e. The second-order valence-corrected chi connectivity index (χ2v) is 8.24. The van der Waals surface area contributed by atoms with Crippen molar-refractivity contribution in [3.63, 3.8) is 0 Å².